The lowest BCUT2D eigenvalue weighted by atomic mass is 9.99. The summed E-state index contributed by atoms with van der Waals surface area (Å²) in [6, 6.07) is 3.96. The molecule has 0 amide bonds. The molecule has 0 saturated carbocycles. The fourth-order valence-electron chi connectivity index (χ4n) is 1.51. The molecule has 0 aliphatic heterocycles. The number of hydrogen-bond donors (Lipinski definition) is 1. The van der Waals surface area contributed by atoms with Gasteiger partial charge in [-0.25, -0.2) is 0 Å². The average molecular weight is 186 g/mol. The summed E-state index contributed by atoms with van der Waals surface area (Å²) in [6.07, 6.45) is 11.1. The summed E-state index contributed by atoms with van der Waals surface area (Å²) in [5.74, 6) is 0.570. The van der Waals surface area contributed by atoms with Gasteiger partial charge in [-0.15, -0.1) is 0 Å². The number of nitrogens with one attached hydrogen (secondary N) is 1. The Morgan fingerprint density at radius 1 is 1.50 bits per heavy atom. The molecule has 0 bridgehead atoms. The molecule has 1 aromatic heterocycles. The Hall–Kier alpha value is -1.57. The van der Waals surface area contributed by atoms with Crippen LogP contribution in [0.15, 0.2) is 48.5 Å². The van der Waals surface area contributed by atoms with Crippen molar-refractivity contribution in [2.75, 3.05) is 5.32 Å². The van der Waals surface area contributed by atoms with Gasteiger partial charge >= 0.3 is 0 Å². The molecule has 1 unspecified atom stereocenters. The minimum absolute atomic E-state index is 0.570. The summed E-state index contributed by atoms with van der Waals surface area (Å²) in [6.45, 7) is 2.22. The van der Waals surface area contributed by atoms with Crippen molar-refractivity contribution in [2.45, 2.75) is 13.3 Å². The van der Waals surface area contributed by atoms with Crippen molar-refractivity contribution in [3.05, 3.63) is 48.5 Å². The molecule has 1 aliphatic carbocycles. The van der Waals surface area contributed by atoms with Crippen molar-refractivity contribution < 1.29 is 0 Å². The second kappa shape index (κ2) is 4.09. The predicted octanol–water partition coefficient (Wildman–Crippen LogP) is 2.97. The van der Waals surface area contributed by atoms with Crippen LogP contribution in [0, 0.1) is 5.92 Å². The summed E-state index contributed by atoms with van der Waals surface area (Å²) >= 11 is 0. The van der Waals surface area contributed by atoms with E-state index in [9.17, 15) is 0 Å². The van der Waals surface area contributed by atoms with E-state index in [1.54, 1.807) is 6.20 Å². The number of hydrogen-bond acceptors (Lipinski definition) is 2. The van der Waals surface area contributed by atoms with Crippen LogP contribution in [-0.2, 0) is 0 Å². The van der Waals surface area contributed by atoms with Crippen LogP contribution in [0.2, 0.25) is 0 Å². The SMILES string of the molecule is CC1CC=CC=C1Nc1cccnc1. The van der Waals surface area contributed by atoms with Crippen molar-refractivity contribution >= 4 is 5.69 Å². The highest BCUT2D eigenvalue weighted by Gasteiger charge is 2.09. The fourth-order valence-corrected chi connectivity index (χ4v) is 1.51. The van der Waals surface area contributed by atoms with Gasteiger partial charge in [-0.1, -0.05) is 19.1 Å². The van der Waals surface area contributed by atoms with Crippen LogP contribution in [0.1, 0.15) is 13.3 Å². The summed E-state index contributed by atoms with van der Waals surface area (Å²) in [5, 5.41) is 3.38. The lowest BCUT2D eigenvalue weighted by Crippen LogP contribution is -2.10. The van der Waals surface area contributed by atoms with Gasteiger partial charge in [0, 0.05) is 11.9 Å². The molecule has 0 saturated heterocycles. The Kier molecular flexibility index (Phi) is 2.63. The first-order chi connectivity index (χ1) is 6.86. The van der Waals surface area contributed by atoms with Crippen molar-refractivity contribution in [1.82, 2.24) is 4.98 Å². The molecule has 72 valence electrons. The molecule has 0 fully saturated rings. The maximum Gasteiger partial charge on any atom is 0.0568 e. The number of rotatable bonds is 2. The van der Waals surface area contributed by atoms with Crippen molar-refractivity contribution in [1.29, 1.82) is 0 Å². The lowest BCUT2D eigenvalue weighted by Gasteiger charge is -2.18. The van der Waals surface area contributed by atoms with E-state index >= 15 is 0 Å². The first-order valence-electron chi connectivity index (χ1n) is 4.90. The maximum absolute atomic E-state index is 4.07. The molecule has 1 N–H and O–H groups in total. The van der Waals surface area contributed by atoms with Crippen molar-refractivity contribution in [3.8, 4) is 0 Å². The molecular weight excluding hydrogens is 172 g/mol. The molecule has 1 aromatic rings. The minimum atomic E-state index is 0.570. The van der Waals surface area contributed by atoms with Crippen LogP contribution in [-0.4, -0.2) is 4.98 Å². The van der Waals surface area contributed by atoms with Gasteiger partial charge in [-0.2, -0.15) is 0 Å². The third-order valence-electron chi connectivity index (χ3n) is 2.38. The number of nitrogens with zero attached hydrogens (tertiary/aromatic N) is 1. The molecule has 1 heterocycles. The Bertz CT molecular complexity index is 352. The van der Waals surface area contributed by atoms with Gasteiger partial charge in [0.15, 0.2) is 0 Å². The van der Waals surface area contributed by atoms with Crippen LogP contribution in [0.5, 0.6) is 0 Å². The number of allylic oxidation sites excluding steroid dienone is 4. The molecule has 0 spiro atoms. The van der Waals surface area contributed by atoms with Crippen molar-refractivity contribution in [2.24, 2.45) is 5.92 Å². The maximum atomic E-state index is 4.07. The van der Waals surface area contributed by atoms with E-state index in [1.807, 2.05) is 18.3 Å². The fraction of sp³-hybridized carbons (Fsp3) is 0.250. The number of aromatic nitrogens is 1. The highest BCUT2D eigenvalue weighted by Crippen LogP contribution is 2.21. The Labute approximate surface area is 84.4 Å². The van der Waals surface area contributed by atoms with E-state index in [0.29, 0.717) is 5.92 Å². The Balaban J connectivity index is 2.11. The lowest BCUT2D eigenvalue weighted by molar-refractivity contribution is 0.691. The van der Waals surface area contributed by atoms with Crippen LogP contribution in [0.25, 0.3) is 0 Å². The smallest absolute Gasteiger partial charge is 0.0568 e. The molecule has 2 nitrogen and oxygen atoms in total. The highest BCUT2D eigenvalue weighted by atomic mass is 14.9. The summed E-state index contributed by atoms with van der Waals surface area (Å²) < 4.78 is 0. The zero-order valence-corrected chi connectivity index (χ0v) is 8.27. The molecular formula is C12H14N2. The minimum Gasteiger partial charge on any atom is -0.357 e. The molecule has 14 heavy (non-hydrogen) atoms. The Morgan fingerprint density at radius 3 is 3.14 bits per heavy atom. The zero-order chi connectivity index (χ0) is 9.80. The summed E-state index contributed by atoms with van der Waals surface area (Å²) in [4.78, 5) is 4.07. The largest absolute Gasteiger partial charge is 0.357 e. The third kappa shape index (κ3) is 2.02. The third-order valence-corrected chi connectivity index (χ3v) is 2.38. The van der Waals surface area contributed by atoms with E-state index in [-0.39, 0.29) is 0 Å². The molecule has 2 heteroatoms. The second-order valence-corrected chi connectivity index (χ2v) is 3.55. The van der Waals surface area contributed by atoms with Gasteiger partial charge in [0.2, 0.25) is 0 Å². The molecule has 2 rings (SSSR count). The predicted molar refractivity (Wildman–Crippen MR) is 58.9 cm³/mol. The number of anilines is 1. The van der Waals surface area contributed by atoms with E-state index in [0.717, 1.165) is 12.1 Å². The van der Waals surface area contributed by atoms with Gasteiger partial charge in [-0.3, -0.25) is 4.98 Å². The van der Waals surface area contributed by atoms with E-state index in [1.165, 1.54) is 5.70 Å². The van der Waals surface area contributed by atoms with E-state index in [4.69, 9.17) is 0 Å². The van der Waals surface area contributed by atoms with Gasteiger partial charge in [-0.05, 0) is 30.5 Å². The van der Waals surface area contributed by atoms with Gasteiger partial charge in [0.05, 0.1) is 11.9 Å². The molecule has 1 atom stereocenters. The second-order valence-electron chi connectivity index (χ2n) is 3.55. The number of pyridine rings is 1. The zero-order valence-electron chi connectivity index (χ0n) is 8.27. The average Bonchev–Trinajstić information content (AvgIpc) is 2.23. The van der Waals surface area contributed by atoms with Crippen LogP contribution >= 0.6 is 0 Å². The normalized spacial score (nSPS) is 20.4. The first-order valence-corrected chi connectivity index (χ1v) is 4.90. The van der Waals surface area contributed by atoms with Crippen LogP contribution in [0.4, 0.5) is 5.69 Å². The monoisotopic (exact) mass is 186 g/mol. The Morgan fingerprint density at radius 2 is 2.43 bits per heavy atom. The van der Waals surface area contributed by atoms with Crippen LogP contribution < -0.4 is 5.32 Å². The van der Waals surface area contributed by atoms with Gasteiger partial charge < -0.3 is 5.32 Å². The van der Waals surface area contributed by atoms with E-state index < -0.39 is 0 Å². The van der Waals surface area contributed by atoms with Crippen LogP contribution in [0.3, 0.4) is 0 Å². The first kappa shape index (κ1) is 9.00. The van der Waals surface area contributed by atoms with Gasteiger partial charge in [0.25, 0.3) is 0 Å². The summed E-state index contributed by atoms with van der Waals surface area (Å²) in [7, 11) is 0. The van der Waals surface area contributed by atoms with Crippen molar-refractivity contribution in [3.63, 3.8) is 0 Å². The highest BCUT2D eigenvalue weighted by molar-refractivity contribution is 5.47. The molecule has 0 aromatic carbocycles. The quantitative estimate of drug-likeness (QED) is 0.768. The molecule has 1 aliphatic rings. The molecule has 0 radical (unpaired) electrons. The van der Waals surface area contributed by atoms with E-state index in [2.05, 4.69) is 35.5 Å². The standard InChI is InChI=1S/C12H14N2/c1-10-5-2-3-7-12(10)14-11-6-4-8-13-9-11/h2-4,6-10,14H,5H2,1H3. The summed E-state index contributed by atoms with van der Waals surface area (Å²) in [5.41, 5.74) is 2.32. The topological polar surface area (TPSA) is 24.9 Å². The van der Waals surface area contributed by atoms with Gasteiger partial charge in [0.1, 0.15) is 0 Å².